The van der Waals surface area contributed by atoms with Gasteiger partial charge in [0.05, 0.1) is 10.7 Å². The van der Waals surface area contributed by atoms with E-state index >= 15 is 0 Å². The Kier molecular flexibility index (Phi) is 8.17. The molecule has 7 heteroatoms. The molecule has 2 N–H and O–H groups in total. The van der Waals surface area contributed by atoms with E-state index in [4.69, 9.17) is 16.6 Å². The minimum Gasteiger partial charge on any atom is -0.369 e. The summed E-state index contributed by atoms with van der Waals surface area (Å²) in [5, 5.41) is 7.53. The van der Waals surface area contributed by atoms with Crippen molar-refractivity contribution < 1.29 is 0 Å². The summed E-state index contributed by atoms with van der Waals surface area (Å²) >= 11 is 6.48. The van der Waals surface area contributed by atoms with E-state index in [0.29, 0.717) is 0 Å². The van der Waals surface area contributed by atoms with E-state index in [-0.39, 0.29) is 0 Å². The zero-order chi connectivity index (χ0) is 27.4. The first kappa shape index (κ1) is 27.1. The first-order valence-corrected chi connectivity index (χ1v) is 15.5. The van der Waals surface area contributed by atoms with Gasteiger partial charge in [-0.25, -0.2) is 4.99 Å². The van der Waals surface area contributed by atoms with Crippen LogP contribution in [0.3, 0.4) is 0 Å². The first-order valence-electron chi connectivity index (χ1n) is 13.2. The maximum Gasteiger partial charge on any atom is 0.107 e. The van der Waals surface area contributed by atoms with Gasteiger partial charge in [0, 0.05) is 60.3 Å². The Hall–Kier alpha value is -3.45. The number of nitrogens with one attached hydrogen (secondary N) is 2. The molecule has 0 spiro atoms. The minimum atomic E-state index is -1.61. The maximum atomic E-state index is 6.48. The lowest BCUT2D eigenvalue weighted by Gasteiger charge is -2.40. The van der Waals surface area contributed by atoms with E-state index in [1.54, 1.807) is 0 Å². The van der Waals surface area contributed by atoms with Crippen LogP contribution < -0.4 is 15.5 Å². The number of allylic oxidation sites excluding steroid dienone is 2. The van der Waals surface area contributed by atoms with Crippen molar-refractivity contribution in [3.05, 3.63) is 102 Å². The third-order valence-electron chi connectivity index (χ3n) is 7.01. The molecule has 0 bridgehead atoms. The highest BCUT2D eigenvalue weighted by atomic mass is 35.5. The number of halogens is 1. The summed E-state index contributed by atoms with van der Waals surface area (Å²) in [7, 11) is -1.61. The molecule has 5 rings (SSSR count). The number of piperazine rings is 1. The highest BCUT2D eigenvalue weighted by molar-refractivity contribution is 8.25. The average Bonchev–Trinajstić information content (AvgIpc) is 2.94. The number of aliphatic imine (C=N–C) groups is 1. The molecule has 1 fully saturated rings. The standard InChI is InChI=1S/C32H36ClN5S/c1-24(2)34-26-14-12-25(13-15-26)30-9-7-11-32(36-30)35-27-16-18-28(19-17-27)37-20-22-38(23-21-37)39(3,4)31-10-6-5-8-29(31)33/h5-6,8-10,12-19,34H,1,3-4,7,11,20-23H2,2H3,(H,35,36). The fraction of sp³-hybridized carbons (Fsp3) is 0.219. The summed E-state index contributed by atoms with van der Waals surface area (Å²) in [6, 6.07) is 24.9. The number of hydrogen-bond donors (Lipinski definition) is 2. The largest absolute Gasteiger partial charge is 0.369 e. The number of benzene rings is 3. The van der Waals surface area contributed by atoms with Crippen molar-refractivity contribution in [1.82, 2.24) is 4.31 Å². The van der Waals surface area contributed by atoms with Gasteiger partial charge in [0.25, 0.3) is 0 Å². The molecular formula is C32H36ClN5S. The zero-order valence-corrected chi connectivity index (χ0v) is 24.1. The van der Waals surface area contributed by atoms with E-state index in [1.807, 2.05) is 25.1 Å². The van der Waals surface area contributed by atoms with Crippen LogP contribution in [0.4, 0.5) is 17.1 Å². The summed E-state index contributed by atoms with van der Waals surface area (Å²) in [6.07, 6.45) is 4.06. The van der Waals surface area contributed by atoms with E-state index in [1.165, 1.54) is 5.69 Å². The Morgan fingerprint density at radius 2 is 1.56 bits per heavy atom. The number of nitrogens with zero attached hydrogens (tertiary/aromatic N) is 3. The van der Waals surface area contributed by atoms with Crippen LogP contribution in [0.5, 0.6) is 0 Å². The first-order chi connectivity index (χ1) is 18.8. The molecule has 0 saturated carbocycles. The van der Waals surface area contributed by atoms with Crippen molar-refractivity contribution in [2.24, 2.45) is 4.99 Å². The average molecular weight is 558 g/mol. The van der Waals surface area contributed by atoms with Gasteiger partial charge in [0.1, 0.15) is 5.84 Å². The zero-order valence-electron chi connectivity index (χ0n) is 22.5. The van der Waals surface area contributed by atoms with Gasteiger partial charge in [0.2, 0.25) is 0 Å². The Morgan fingerprint density at radius 1 is 0.897 bits per heavy atom. The van der Waals surface area contributed by atoms with Crippen LogP contribution in [-0.4, -0.2) is 48.1 Å². The predicted molar refractivity (Wildman–Crippen MR) is 175 cm³/mol. The molecule has 202 valence electrons. The Bertz CT molecular complexity index is 1500. The Morgan fingerprint density at radius 3 is 2.23 bits per heavy atom. The summed E-state index contributed by atoms with van der Waals surface area (Å²) in [6.45, 7) is 9.53. The smallest absolute Gasteiger partial charge is 0.107 e. The van der Waals surface area contributed by atoms with Crippen LogP contribution in [-0.2, 0) is 0 Å². The highest BCUT2D eigenvalue weighted by Gasteiger charge is 2.22. The van der Waals surface area contributed by atoms with Gasteiger partial charge in [0.15, 0.2) is 0 Å². The second kappa shape index (κ2) is 11.7. The highest BCUT2D eigenvalue weighted by Crippen LogP contribution is 2.41. The Labute approximate surface area is 238 Å². The third-order valence-corrected chi connectivity index (χ3v) is 9.98. The molecule has 0 unspecified atom stereocenters. The maximum absolute atomic E-state index is 6.48. The van der Waals surface area contributed by atoms with Crippen LogP contribution in [0.2, 0.25) is 5.02 Å². The number of anilines is 3. The molecule has 1 saturated heterocycles. The quantitative estimate of drug-likeness (QED) is 0.292. The molecular weight excluding hydrogens is 522 g/mol. The van der Waals surface area contributed by atoms with Crippen molar-refractivity contribution >= 4 is 61.3 Å². The van der Waals surface area contributed by atoms with Crippen LogP contribution in [0, 0.1) is 0 Å². The van der Waals surface area contributed by atoms with Crippen LogP contribution >= 0.6 is 21.0 Å². The molecule has 2 aliphatic rings. The molecule has 0 radical (unpaired) electrons. The van der Waals surface area contributed by atoms with E-state index in [2.05, 4.69) is 98.8 Å². The monoisotopic (exact) mass is 557 g/mol. The minimum absolute atomic E-state index is 0.752. The van der Waals surface area contributed by atoms with Gasteiger partial charge in [-0.3, -0.25) is 4.31 Å². The van der Waals surface area contributed by atoms with Crippen LogP contribution in [0.1, 0.15) is 25.3 Å². The SMILES string of the molecule is C=C(C)Nc1ccc(C2=CCCC(Nc3ccc(N4CCN(S(=C)(=C)c5ccccc5Cl)CC4)cc3)=N2)cc1. The van der Waals surface area contributed by atoms with Gasteiger partial charge >= 0.3 is 0 Å². The normalized spacial score (nSPS) is 16.3. The lowest BCUT2D eigenvalue weighted by molar-refractivity contribution is 0.427. The van der Waals surface area contributed by atoms with Crippen LogP contribution in [0.25, 0.3) is 5.70 Å². The number of amidine groups is 1. The Balaban J connectivity index is 1.19. The summed E-state index contributed by atoms with van der Waals surface area (Å²) in [5.41, 5.74) is 6.35. The van der Waals surface area contributed by atoms with E-state index < -0.39 is 9.39 Å². The summed E-state index contributed by atoms with van der Waals surface area (Å²) < 4.78 is 2.40. The molecule has 0 aliphatic carbocycles. The molecule has 39 heavy (non-hydrogen) atoms. The molecule has 0 amide bonds. The van der Waals surface area contributed by atoms with Crippen molar-refractivity contribution in [2.75, 3.05) is 41.7 Å². The van der Waals surface area contributed by atoms with E-state index in [0.717, 1.165) is 83.1 Å². The second-order valence-electron chi connectivity index (χ2n) is 10.0. The fourth-order valence-corrected chi connectivity index (χ4v) is 7.42. The molecule has 3 aromatic carbocycles. The predicted octanol–water partition coefficient (Wildman–Crippen LogP) is 7.70. The lowest BCUT2D eigenvalue weighted by Crippen LogP contribution is -2.44. The second-order valence-corrected chi connectivity index (χ2v) is 13.1. The third kappa shape index (κ3) is 6.41. The van der Waals surface area contributed by atoms with Gasteiger partial charge in [-0.15, -0.1) is 9.39 Å². The molecule has 0 aromatic heterocycles. The van der Waals surface area contributed by atoms with Crippen molar-refractivity contribution in [1.29, 1.82) is 0 Å². The van der Waals surface area contributed by atoms with Gasteiger partial charge < -0.3 is 15.5 Å². The summed E-state index contributed by atoms with van der Waals surface area (Å²) in [5.74, 6) is 9.98. The van der Waals surface area contributed by atoms with Crippen molar-refractivity contribution in [2.45, 2.75) is 24.7 Å². The molecule has 3 aromatic rings. The van der Waals surface area contributed by atoms with Crippen molar-refractivity contribution in [3.63, 3.8) is 0 Å². The number of rotatable bonds is 7. The molecule has 0 atom stereocenters. The van der Waals surface area contributed by atoms with Crippen molar-refractivity contribution in [3.8, 4) is 0 Å². The summed E-state index contributed by atoms with van der Waals surface area (Å²) in [4.78, 5) is 8.38. The van der Waals surface area contributed by atoms with E-state index in [9.17, 15) is 0 Å². The molecule has 2 heterocycles. The molecule has 2 aliphatic heterocycles. The van der Waals surface area contributed by atoms with Gasteiger partial charge in [-0.1, -0.05) is 60.3 Å². The number of hydrogen-bond acceptors (Lipinski definition) is 5. The molecule has 5 nitrogen and oxygen atoms in total. The van der Waals surface area contributed by atoms with Gasteiger partial charge in [-0.05, 0) is 67.4 Å². The van der Waals surface area contributed by atoms with Crippen LogP contribution in [0.15, 0.2) is 101 Å². The van der Waals surface area contributed by atoms with Gasteiger partial charge in [-0.2, -0.15) is 0 Å². The fourth-order valence-electron chi connectivity index (χ4n) is 4.95. The lowest BCUT2D eigenvalue weighted by atomic mass is 10.1. The topological polar surface area (TPSA) is 42.9 Å².